The van der Waals surface area contributed by atoms with Crippen LogP contribution in [0.5, 0.6) is 5.75 Å². The zero-order valence-electron chi connectivity index (χ0n) is 12.4. The number of nitriles is 1. The van der Waals surface area contributed by atoms with Gasteiger partial charge in [0.25, 0.3) is 0 Å². The Morgan fingerprint density at radius 1 is 1.25 bits per heavy atom. The van der Waals surface area contributed by atoms with E-state index in [9.17, 15) is 9.18 Å². The predicted octanol–water partition coefficient (Wildman–Crippen LogP) is 4.28. The topological polar surface area (TPSA) is 62.1 Å². The highest BCUT2D eigenvalue weighted by Crippen LogP contribution is 2.31. The first-order chi connectivity index (χ1) is 11.5. The van der Waals surface area contributed by atoms with Gasteiger partial charge >= 0.3 is 0 Å². The van der Waals surface area contributed by atoms with Crippen LogP contribution in [0.1, 0.15) is 18.0 Å². The van der Waals surface area contributed by atoms with E-state index in [2.05, 4.69) is 5.32 Å². The maximum atomic E-state index is 13.7. The smallest absolute Gasteiger partial charge is 0.224 e. The molecule has 0 bridgehead atoms. The predicted molar refractivity (Wildman–Crippen MR) is 89.5 cm³/mol. The fourth-order valence-electron chi connectivity index (χ4n) is 1.97. The van der Waals surface area contributed by atoms with Crippen LogP contribution in [0.25, 0.3) is 0 Å². The lowest BCUT2D eigenvalue weighted by Crippen LogP contribution is -2.29. The Hall–Kier alpha value is -2.29. The number of hydrogen-bond donors (Lipinski definition) is 1. The molecule has 0 fully saturated rings. The molecule has 2 aromatic rings. The highest BCUT2D eigenvalue weighted by atomic mass is 35.5. The zero-order valence-corrected chi connectivity index (χ0v) is 13.9. The van der Waals surface area contributed by atoms with Gasteiger partial charge in [-0.15, -0.1) is 0 Å². The van der Waals surface area contributed by atoms with Crippen molar-refractivity contribution in [2.45, 2.75) is 12.5 Å². The first-order valence-electron chi connectivity index (χ1n) is 7.03. The van der Waals surface area contributed by atoms with E-state index in [0.717, 1.165) is 0 Å². The van der Waals surface area contributed by atoms with Crippen LogP contribution in [0.2, 0.25) is 10.0 Å². The summed E-state index contributed by atoms with van der Waals surface area (Å²) >= 11 is 11.8. The number of rotatable bonds is 6. The van der Waals surface area contributed by atoms with Crippen molar-refractivity contribution < 1.29 is 13.9 Å². The molecule has 1 N–H and O–H groups in total. The van der Waals surface area contributed by atoms with Gasteiger partial charge in [-0.1, -0.05) is 47.5 Å². The second-order valence-corrected chi connectivity index (χ2v) is 5.59. The lowest BCUT2D eigenvalue weighted by molar-refractivity contribution is -0.122. The third-order valence-corrected chi connectivity index (χ3v) is 3.96. The summed E-state index contributed by atoms with van der Waals surface area (Å²) in [5.41, 5.74) is 0.118. The van der Waals surface area contributed by atoms with Crippen LogP contribution in [0.4, 0.5) is 4.39 Å². The number of nitrogens with zero attached hydrogens (tertiary/aromatic N) is 1. The molecule has 0 aliphatic heterocycles. The van der Waals surface area contributed by atoms with Gasteiger partial charge in [0.15, 0.2) is 0 Å². The molecule has 1 atom stereocenters. The van der Waals surface area contributed by atoms with Crippen molar-refractivity contribution in [2.75, 3.05) is 6.61 Å². The second-order valence-electron chi connectivity index (χ2n) is 4.80. The van der Waals surface area contributed by atoms with Crippen LogP contribution in [0.3, 0.4) is 0 Å². The molecule has 0 radical (unpaired) electrons. The van der Waals surface area contributed by atoms with Crippen LogP contribution in [-0.4, -0.2) is 12.5 Å². The lowest BCUT2D eigenvalue weighted by atomic mass is 10.1. The molecule has 2 rings (SSSR count). The molecule has 0 saturated heterocycles. The molecule has 0 spiro atoms. The Morgan fingerprint density at radius 3 is 2.71 bits per heavy atom. The molecule has 1 unspecified atom stereocenters. The van der Waals surface area contributed by atoms with E-state index in [1.165, 1.54) is 18.2 Å². The minimum Gasteiger partial charge on any atom is -0.491 e. The Labute approximate surface area is 148 Å². The van der Waals surface area contributed by atoms with Gasteiger partial charge < -0.3 is 10.1 Å². The molecular weight excluding hydrogens is 354 g/mol. The summed E-state index contributed by atoms with van der Waals surface area (Å²) in [6.45, 7) is 0.0430. The SMILES string of the molecule is N#CC(NC(=O)CCOc1cccc(Cl)c1Cl)c1ccccc1F. The van der Waals surface area contributed by atoms with E-state index in [-0.39, 0.29) is 23.6 Å². The Balaban J connectivity index is 1.90. The van der Waals surface area contributed by atoms with Crippen molar-refractivity contribution in [3.05, 3.63) is 63.9 Å². The van der Waals surface area contributed by atoms with Crippen molar-refractivity contribution in [1.29, 1.82) is 5.26 Å². The van der Waals surface area contributed by atoms with Gasteiger partial charge in [-0.25, -0.2) is 4.39 Å². The number of carbonyl (C=O) groups excluding carboxylic acids is 1. The molecule has 0 aliphatic rings. The van der Waals surface area contributed by atoms with Crippen molar-refractivity contribution >= 4 is 29.1 Å². The highest BCUT2D eigenvalue weighted by molar-refractivity contribution is 6.42. The van der Waals surface area contributed by atoms with E-state index in [4.69, 9.17) is 33.2 Å². The summed E-state index contributed by atoms with van der Waals surface area (Å²) < 4.78 is 19.1. The second kappa shape index (κ2) is 8.53. The highest BCUT2D eigenvalue weighted by Gasteiger charge is 2.17. The van der Waals surface area contributed by atoms with Crippen molar-refractivity contribution in [1.82, 2.24) is 5.32 Å². The first kappa shape index (κ1) is 18.1. The van der Waals surface area contributed by atoms with Crippen molar-refractivity contribution in [3.8, 4) is 11.8 Å². The standard InChI is InChI=1S/C17H13Cl2FN2O2/c18-12-5-3-7-15(17(12)19)24-9-8-16(23)22-14(10-21)11-4-1-2-6-13(11)20/h1-7,14H,8-9H2,(H,22,23). The molecule has 4 nitrogen and oxygen atoms in total. The number of carbonyl (C=O) groups is 1. The van der Waals surface area contributed by atoms with Gasteiger partial charge in [-0.2, -0.15) is 5.26 Å². The molecule has 0 heterocycles. The quantitative estimate of drug-likeness (QED) is 0.829. The normalized spacial score (nSPS) is 11.4. The lowest BCUT2D eigenvalue weighted by Gasteiger charge is -2.13. The number of amides is 1. The summed E-state index contributed by atoms with van der Waals surface area (Å²) in [7, 11) is 0. The molecule has 1 amide bonds. The van der Waals surface area contributed by atoms with E-state index in [0.29, 0.717) is 10.8 Å². The fourth-order valence-corrected chi connectivity index (χ4v) is 2.32. The molecule has 124 valence electrons. The van der Waals surface area contributed by atoms with E-state index in [1.54, 1.807) is 24.3 Å². The first-order valence-corrected chi connectivity index (χ1v) is 7.78. The van der Waals surface area contributed by atoms with E-state index in [1.807, 2.05) is 6.07 Å². The average molecular weight is 367 g/mol. The molecule has 0 aliphatic carbocycles. The summed E-state index contributed by atoms with van der Waals surface area (Å²) in [6, 6.07) is 11.5. The zero-order chi connectivity index (χ0) is 17.5. The van der Waals surface area contributed by atoms with Crippen LogP contribution in [0, 0.1) is 17.1 Å². The number of ether oxygens (including phenoxy) is 1. The Bertz CT molecular complexity index is 777. The summed E-state index contributed by atoms with van der Waals surface area (Å²) in [4.78, 5) is 11.9. The summed E-state index contributed by atoms with van der Waals surface area (Å²) in [5, 5.41) is 12.2. The maximum Gasteiger partial charge on any atom is 0.224 e. The minimum absolute atomic E-state index is 0.0184. The van der Waals surface area contributed by atoms with Gasteiger partial charge in [-0.3, -0.25) is 4.79 Å². The largest absolute Gasteiger partial charge is 0.491 e. The van der Waals surface area contributed by atoms with Gasteiger partial charge in [-0.05, 0) is 18.2 Å². The third kappa shape index (κ3) is 4.60. The Morgan fingerprint density at radius 2 is 2.00 bits per heavy atom. The molecular formula is C17H13Cl2FN2O2. The van der Waals surface area contributed by atoms with Crippen molar-refractivity contribution in [3.63, 3.8) is 0 Å². The van der Waals surface area contributed by atoms with Gasteiger partial charge in [0.1, 0.15) is 22.6 Å². The molecule has 24 heavy (non-hydrogen) atoms. The molecule has 0 saturated carbocycles. The number of nitrogens with one attached hydrogen (secondary N) is 1. The number of hydrogen-bond acceptors (Lipinski definition) is 3. The van der Waals surface area contributed by atoms with Crippen LogP contribution < -0.4 is 10.1 Å². The molecule has 2 aromatic carbocycles. The van der Waals surface area contributed by atoms with Gasteiger partial charge in [0.05, 0.1) is 24.1 Å². The fraction of sp³-hybridized carbons (Fsp3) is 0.176. The third-order valence-electron chi connectivity index (χ3n) is 3.15. The average Bonchev–Trinajstić information content (AvgIpc) is 2.57. The van der Waals surface area contributed by atoms with Crippen LogP contribution >= 0.6 is 23.2 Å². The Kier molecular flexibility index (Phi) is 6.42. The van der Waals surface area contributed by atoms with E-state index >= 15 is 0 Å². The van der Waals surface area contributed by atoms with E-state index < -0.39 is 17.8 Å². The molecule has 0 aromatic heterocycles. The monoisotopic (exact) mass is 366 g/mol. The van der Waals surface area contributed by atoms with Crippen LogP contribution in [-0.2, 0) is 4.79 Å². The number of benzene rings is 2. The molecule has 7 heteroatoms. The van der Waals surface area contributed by atoms with Gasteiger partial charge in [0, 0.05) is 5.56 Å². The van der Waals surface area contributed by atoms with Crippen molar-refractivity contribution in [2.24, 2.45) is 0 Å². The number of halogens is 3. The van der Waals surface area contributed by atoms with Gasteiger partial charge in [0.2, 0.25) is 5.91 Å². The van der Waals surface area contributed by atoms with Crippen LogP contribution in [0.15, 0.2) is 42.5 Å². The minimum atomic E-state index is -1.06. The summed E-state index contributed by atoms with van der Waals surface area (Å²) in [6.07, 6.45) is -0.0184. The summed E-state index contributed by atoms with van der Waals surface area (Å²) in [5.74, 6) is -0.628. The maximum absolute atomic E-state index is 13.7.